The van der Waals surface area contributed by atoms with Crippen molar-refractivity contribution < 1.29 is 29.3 Å². The summed E-state index contributed by atoms with van der Waals surface area (Å²) in [6.07, 6.45) is 1.74. The van der Waals surface area contributed by atoms with Crippen molar-refractivity contribution in [1.82, 2.24) is 4.90 Å². The summed E-state index contributed by atoms with van der Waals surface area (Å²) in [5.74, 6) is -1.66. The minimum absolute atomic E-state index is 0.119. The number of carbonyl (C=O) groups is 3. The maximum absolute atomic E-state index is 13.1. The molecule has 8 nitrogen and oxygen atoms in total. The van der Waals surface area contributed by atoms with Gasteiger partial charge in [-0.1, -0.05) is 36.4 Å². The number of amides is 1. The summed E-state index contributed by atoms with van der Waals surface area (Å²) >= 11 is 1.21. The lowest BCUT2D eigenvalue weighted by molar-refractivity contribution is -0.122. The number of rotatable bonds is 8. The molecule has 3 aromatic rings. The van der Waals surface area contributed by atoms with E-state index in [0.29, 0.717) is 33.6 Å². The predicted molar refractivity (Wildman–Crippen MR) is 138 cm³/mol. The molecular formula is C27H22N2O6S. The van der Waals surface area contributed by atoms with Crippen molar-refractivity contribution in [3.05, 3.63) is 100.0 Å². The van der Waals surface area contributed by atoms with Gasteiger partial charge in [0.25, 0.3) is 5.91 Å². The molecule has 1 heterocycles. The van der Waals surface area contributed by atoms with E-state index in [2.05, 4.69) is 4.99 Å². The van der Waals surface area contributed by atoms with Crippen LogP contribution in [-0.4, -0.2) is 44.7 Å². The second kappa shape index (κ2) is 10.9. The zero-order valence-corrected chi connectivity index (χ0v) is 20.1. The van der Waals surface area contributed by atoms with Gasteiger partial charge in [-0.25, -0.2) is 14.6 Å². The molecule has 0 spiro atoms. The summed E-state index contributed by atoms with van der Waals surface area (Å²) in [5.41, 5.74) is 2.29. The molecule has 0 aliphatic carbocycles. The Morgan fingerprint density at radius 2 is 1.69 bits per heavy atom. The Labute approximate surface area is 211 Å². The van der Waals surface area contributed by atoms with Crippen LogP contribution in [0.5, 0.6) is 5.75 Å². The van der Waals surface area contributed by atoms with Crippen LogP contribution in [0.4, 0.5) is 5.69 Å². The summed E-state index contributed by atoms with van der Waals surface area (Å²) in [5, 5.41) is 18.7. The molecule has 1 amide bonds. The van der Waals surface area contributed by atoms with Crippen LogP contribution in [0.2, 0.25) is 0 Å². The molecule has 0 aromatic heterocycles. The van der Waals surface area contributed by atoms with Crippen LogP contribution >= 0.6 is 11.8 Å². The number of carboxylic acid groups (broad SMARTS) is 2. The minimum Gasteiger partial charge on any atom is -0.488 e. The zero-order valence-electron chi connectivity index (χ0n) is 19.2. The first-order valence-corrected chi connectivity index (χ1v) is 11.8. The molecule has 3 aromatic carbocycles. The Kier molecular flexibility index (Phi) is 7.50. The Morgan fingerprint density at radius 1 is 0.972 bits per heavy atom. The number of hydrogen-bond acceptors (Lipinski definition) is 6. The molecule has 0 atom stereocenters. The van der Waals surface area contributed by atoms with E-state index in [1.165, 1.54) is 40.9 Å². The molecule has 1 fully saturated rings. The minimum atomic E-state index is -1.05. The lowest BCUT2D eigenvalue weighted by Gasteiger charge is -2.12. The summed E-state index contributed by atoms with van der Waals surface area (Å²) < 4.78 is 5.97. The lowest BCUT2D eigenvalue weighted by atomic mass is 10.1. The molecular weight excluding hydrogens is 480 g/mol. The topological polar surface area (TPSA) is 117 Å². The van der Waals surface area contributed by atoms with Gasteiger partial charge in [-0.05, 0) is 66.7 Å². The molecule has 0 unspecified atom stereocenters. The van der Waals surface area contributed by atoms with Crippen molar-refractivity contribution in [2.75, 3.05) is 6.54 Å². The van der Waals surface area contributed by atoms with Crippen LogP contribution in [0.1, 0.15) is 38.8 Å². The molecule has 2 N–H and O–H groups in total. The fourth-order valence-electron chi connectivity index (χ4n) is 3.47. The van der Waals surface area contributed by atoms with Crippen molar-refractivity contribution >= 4 is 46.5 Å². The van der Waals surface area contributed by atoms with E-state index in [1.807, 2.05) is 25.1 Å². The SMILES string of the molecule is CCN1C(=O)C(=Cc2ccccc2OCc2ccc(C(=O)O)cc2)SC1=Nc1cccc(C(=O)O)c1. The molecule has 1 saturated heterocycles. The number of hydrogen-bond donors (Lipinski definition) is 2. The first kappa shape index (κ1) is 24.7. The largest absolute Gasteiger partial charge is 0.488 e. The van der Waals surface area contributed by atoms with Gasteiger partial charge in [0.05, 0.1) is 21.7 Å². The fraction of sp³-hybridized carbons (Fsp3) is 0.111. The van der Waals surface area contributed by atoms with Crippen LogP contribution in [-0.2, 0) is 11.4 Å². The molecule has 182 valence electrons. The molecule has 36 heavy (non-hydrogen) atoms. The maximum atomic E-state index is 13.1. The number of benzene rings is 3. The molecule has 4 rings (SSSR count). The summed E-state index contributed by atoms with van der Waals surface area (Å²) in [6.45, 7) is 2.48. The summed E-state index contributed by atoms with van der Waals surface area (Å²) in [6, 6.07) is 20.0. The van der Waals surface area contributed by atoms with Gasteiger partial charge in [-0.3, -0.25) is 9.69 Å². The Balaban J connectivity index is 1.56. The van der Waals surface area contributed by atoms with Crippen LogP contribution in [0.25, 0.3) is 6.08 Å². The first-order valence-electron chi connectivity index (χ1n) is 11.0. The third kappa shape index (κ3) is 5.64. The molecule has 1 aliphatic heterocycles. The van der Waals surface area contributed by atoms with Crippen molar-refractivity contribution in [1.29, 1.82) is 0 Å². The predicted octanol–water partition coefficient (Wildman–Crippen LogP) is 5.29. The van der Waals surface area contributed by atoms with Gasteiger partial charge in [0.1, 0.15) is 12.4 Å². The lowest BCUT2D eigenvalue weighted by Crippen LogP contribution is -2.28. The summed E-state index contributed by atoms with van der Waals surface area (Å²) in [4.78, 5) is 41.9. The number of carbonyl (C=O) groups excluding carboxylic acids is 1. The highest BCUT2D eigenvalue weighted by atomic mass is 32.2. The highest BCUT2D eigenvalue weighted by Gasteiger charge is 2.32. The van der Waals surface area contributed by atoms with Crippen molar-refractivity contribution in [2.24, 2.45) is 4.99 Å². The van der Waals surface area contributed by atoms with Crippen molar-refractivity contribution in [3.8, 4) is 5.75 Å². The van der Waals surface area contributed by atoms with E-state index in [-0.39, 0.29) is 23.6 Å². The van der Waals surface area contributed by atoms with Gasteiger partial charge in [-0.15, -0.1) is 0 Å². The average molecular weight is 503 g/mol. The molecule has 9 heteroatoms. The third-order valence-electron chi connectivity index (χ3n) is 5.32. The van der Waals surface area contributed by atoms with E-state index in [4.69, 9.17) is 9.84 Å². The van der Waals surface area contributed by atoms with Crippen molar-refractivity contribution in [2.45, 2.75) is 13.5 Å². The van der Waals surface area contributed by atoms with Crippen LogP contribution in [0.3, 0.4) is 0 Å². The van der Waals surface area contributed by atoms with Gasteiger partial charge >= 0.3 is 11.9 Å². The number of aromatic carboxylic acids is 2. The number of amidine groups is 1. The van der Waals surface area contributed by atoms with Gasteiger partial charge in [-0.2, -0.15) is 0 Å². The van der Waals surface area contributed by atoms with Crippen molar-refractivity contribution in [3.63, 3.8) is 0 Å². The number of ether oxygens (including phenoxy) is 1. The molecule has 1 aliphatic rings. The monoisotopic (exact) mass is 502 g/mol. The number of aliphatic imine (C=N–C) groups is 1. The van der Waals surface area contributed by atoms with Gasteiger partial charge in [0, 0.05) is 12.1 Å². The number of thioether (sulfide) groups is 1. The molecule has 0 radical (unpaired) electrons. The van der Waals surface area contributed by atoms with E-state index < -0.39 is 11.9 Å². The van der Waals surface area contributed by atoms with Crippen LogP contribution in [0.15, 0.2) is 82.7 Å². The standard InChI is InChI=1S/C27H22N2O6S/c1-2-29-24(30)23(36-27(29)28-21-8-5-7-20(14-21)26(33)34)15-19-6-3-4-9-22(19)35-16-17-10-12-18(13-11-17)25(31)32/h3-15H,2,16H2,1H3,(H,31,32)(H,33,34). The number of para-hydroxylation sites is 1. The fourth-order valence-corrected chi connectivity index (χ4v) is 4.52. The second-order valence-electron chi connectivity index (χ2n) is 7.74. The van der Waals surface area contributed by atoms with Gasteiger partial charge in [0.15, 0.2) is 5.17 Å². The second-order valence-corrected chi connectivity index (χ2v) is 8.75. The molecule has 0 saturated carbocycles. The van der Waals surface area contributed by atoms with Gasteiger partial charge < -0.3 is 14.9 Å². The van der Waals surface area contributed by atoms with E-state index in [0.717, 1.165) is 5.56 Å². The Bertz CT molecular complexity index is 1380. The quantitative estimate of drug-likeness (QED) is 0.402. The van der Waals surface area contributed by atoms with E-state index in [9.17, 15) is 19.5 Å². The first-order chi connectivity index (χ1) is 17.4. The maximum Gasteiger partial charge on any atom is 0.335 e. The normalized spacial score (nSPS) is 15.5. The smallest absolute Gasteiger partial charge is 0.335 e. The number of nitrogens with zero attached hydrogens (tertiary/aromatic N) is 2. The average Bonchev–Trinajstić information content (AvgIpc) is 3.17. The number of likely N-dealkylation sites (N-methyl/N-ethyl adjacent to an activating group) is 1. The number of carboxylic acids is 2. The summed E-state index contributed by atoms with van der Waals surface area (Å²) in [7, 11) is 0. The highest BCUT2D eigenvalue weighted by Crippen LogP contribution is 2.35. The third-order valence-corrected chi connectivity index (χ3v) is 6.33. The van der Waals surface area contributed by atoms with Crippen LogP contribution in [0, 0.1) is 0 Å². The zero-order chi connectivity index (χ0) is 25.7. The Morgan fingerprint density at radius 3 is 2.39 bits per heavy atom. The van der Waals surface area contributed by atoms with Crippen LogP contribution < -0.4 is 4.74 Å². The molecule has 0 bridgehead atoms. The van der Waals surface area contributed by atoms with E-state index >= 15 is 0 Å². The van der Waals surface area contributed by atoms with E-state index in [1.54, 1.807) is 36.4 Å². The highest BCUT2D eigenvalue weighted by molar-refractivity contribution is 8.18. The van der Waals surface area contributed by atoms with Gasteiger partial charge in [0.2, 0.25) is 0 Å². The Hall–Kier alpha value is -4.37.